The van der Waals surface area contributed by atoms with Crippen LogP contribution in [0.25, 0.3) is 0 Å². The van der Waals surface area contributed by atoms with Crippen LogP contribution < -0.4 is 0 Å². The van der Waals surface area contributed by atoms with Gasteiger partial charge in [-0.1, -0.05) is 5.92 Å². The zero-order valence-electron chi connectivity index (χ0n) is 6.85. The molecule has 7 nitrogen and oxygen atoms in total. The van der Waals surface area contributed by atoms with Gasteiger partial charge in [0.2, 0.25) is 0 Å². The van der Waals surface area contributed by atoms with Gasteiger partial charge in [-0.2, -0.15) is 0 Å². The lowest BCUT2D eigenvalue weighted by Gasteiger charge is -1.84. The van der Waals surface area contributed by atoms with Crippen molar-refractivity contribution >= 4 is 11.8 Å². The third kappa shape index (κ3) is 2.60. The number of H-pyrrole nitrogens is 1. The van der Waals surface area contributed by atoms with Gasteiger partial charge in [0, 0.05) is 0 Å². The fourth-order valence-corrected chi connectivity index (χ4v) is 0.671. The van der Waals surface area contributed by atoms with Crippen molar-refractivity contribution in [3.05, 3.63) is 22.1 Å². The highest BCUT2D eigenvalue weighted by atomic mass is 16.6. The Morgan fingerprint density at radius 2 is 2.50 bits per heavy atom. The summed E-state index contributed by atoms with van der Waals surface area (Å²) in [5.41, 5.74) is 0. The molecule has 72 valence electrons. The molecule has 1 heterocycles. The molecule has 0 saturated carbocycles. The summed E-state index contributed by atoms with van der Waals surface area (Å²) in [5.74, 6) is 3.39. The lowest BCUT2D eigenvalue weighted by Crippen LogP contribution is -1.90. The first-order valence-corrected chi connectivity index (χ1v) is 3.49. The third-order valence-corrected chi connectivity index (χ3v) is 1.21. The molecule has 0 radical (unpaired) electrons. The standard InChI is InChI=1S/C7H5N3O4/c11-7(12)3-1-2-5-8-4-6(9-5)10(13)14/h4H,3H2,(H,8,9)(H,11,12). The molecule has 0 aliphatic carbocycles. The molecule has 0 saturated heterocycles. The van der Waals surface area contributed by atoms with E-state index >= 15 is 0 Å². The summed E-state index contributed by atoms with van der Waals surface area (Å²) in [4.78, 5) is 25.5. The maximum atomic E-state index is 10.2. The molecule has 0 unspecified atom stereocenters. The van der Waals surface area contributed by atoms with Crippen molar-refractivity contribution in [1.29, 1.82) is 0 Å². The maximum Gasteiger partial charge on any atom is 0.341 e. The first-order chi connectivity index (χ1) is 6.59. The van der Waals surface area contributed by atoms with Gasteiger partial charge in [0.1, 0.15) is 12.6 Å². The SMILES string of the molecule is O=C(O)CC#Cc1ncc([N+](=O)[O-])[nH]1. The molecule has 2 N–H and O–H groups in total. The van der Waals surface area contributed by atoms with Gasteiger partial charge in [0.15, 0.2) is 0 Å². The number of aliphatic carboxylic acids is 1. The molecule has 0 bridgehead atoms. The summed E-state index contributed by atoms with van der Waals surface area (Å²) in [6.45, 7) is 0. The van der Waals surface area contributed by atoms with E-state index in [4.69, 9.17) is 5.11 Å². The molecular formula is C7H5N3O4. The highest BCUT2D eigenvalue weighted by molar-refractivity contribution is 5.70. The van der Waals surface area contributed by atoms with Gasteiger partial charge in [-0.15, -0.1) is 0 Å². The summed E-state index contributed by atoms with van der Waals surface area (Å²) >= 11 is 0. The Morgan fingerprint density at radius 3 is 3.00 bits per heavy atom. The highest BCUT2D eigenvalue weighted by Gasteiger charge is 2.06. The molecule has 0 fully saturated rings. The van der Waals surface area contributed by atoms with Crippen LogP contribution >= 0.6 is 0 Å². The number of nitro groups is 1. The Kier molecular flexibility index (Phi) is 2.81. The number of aromatic nitrogens is 2. The quantitative estimate of drug-likeness (QED) is 0.396. The number of imidazole rings is 1. The second-order valence-corrected chi connectivity index (χ2v) is 2.25. The summed E-state index contributed by atoms with van der Waals surface area (Å²) < 4.78 is 0. The Balaban J connectivity index is 2.71. The second kappa shape index (κ2) is 4.04. The minimum absolute atomic E-state index is 0.0814. The zero-order valence-corrected chi connectivity index (χ0v) is 6.85. The van der Waals surface area contributed by atoms with E-state index < -0.39 is 10.9 Å². The molecule has 0 amide bonds. The zero-order chi connectivity index (χ0) is 10.6. The lowest BCUT2D eigenvalue weighted by atomic mass is 10.4. The number of nitrogens with one attached hydrogen (secondary N) is 1. The molecule has 0 aliphatic rings. The van der Waals surface area contributed by atoms with Crippen LogP contribution in [0.3, 0.4) is 0 Å². The first-order valence-electron chi connectivity index (χ1n) is 3.49. The van der Waals surface area contributed by atoms with Crippen molar-refractivity contribution in [2.75, 3.05) is 0 Å². The van der Waals surface area contributed by atoms with Gasteiger partial charge in [0.25, 0.3) is 5.82 Å². The number of hydrogen-bond acceptors (Lipinski definition) is 4. The average molecular weight is 195 g/mol. The summed E-state index contributed by atoms with van der Waals surface area (Å²) in [6.07, 6.45) is 0.694. The number of carboxylic acid groups (broad SMARTS) is 1. The van der Waals surface area contributed by atoms with E-state index in [0.29, 0.717) is 0 Å². The van der Waals surface area contributed by atoms with Crippen molar-refractivity contribution in [3.63, 3.8) is 0 Å². The van der Waals surface area contributed by atoms with Gasteiger partial charge >= 0.3 is 11.8 Å². The fraction of sp³-hybridized carbons (Fsp3) is 0.143. The van der Waals surface area contributed by atoms with Gasteiger partial charge < -0.3 is 15.2 Å². The van der Waals surface area contributed by atoms with Crippen molar-refractivity contribution in [2.45, 2.75) is 6.42 Å². The molecule has 1 aromatic heterocycles. The Hall–Kier alpha value is -2.36. The van der Waals surface area contributed by atoms with Crippen LogP contribution in [0, 0.1) is 22.0 Å². The van der Waals surface area contributed by atoms with Crippen LogP contribution in [0.2, 0.25) is 0 Å². The molecule has 1 aromatic rings. The predicted octanol–water partition coefficient (Wildman–Crippen LogP) is 0.144. The van der Waals surface area contributed by atoms with Crippen LogP contribution in [-0.4, -0.2) is 26.0 Å². The van der Waals surface area contributed by atoms with Crippen molar-refractivity contribution in [3.8, 4) is 11.8 Å². The van der Waals surface area contributed by atoms with Crippen LogP contribution in [0.5, 0.6) is 0 Å². The molecule has 14 heavy (non-hydrogen) atoms. The van der Waals surface area contributed by atoms with E-state index in [-0.39, 0.29) is 18.1 Å². The topological polar surface area (TPSA) is 109 Å². The van der Waals surface area contributed by atoms with E-state index in [1.54, 1.807) is 0 Å². The molecule has 0 spiro atoms. The second-order valence-electron chi connectivity index (χ2n) is 2.25. The van der Waals surface area contributed by atoms with Crippen LogP contribution in [0.15, 0.2) is 6.20 Å². The summed E-state index contributed by atoms with van der Waals surface area (Å²) in [6, 6.07) is 0. The van der Waals surface area contributed by atoms with Gasteiger partial charge in [-0.25, -0.2) is 9.97 Å². The number of hydrogen-bond donors (Lipinski definition) is 2. The summed E-state index contributed by atoms with van der Waals surface area (Å²) in [7, 11) is 0. The Bertz CT molecular complexity index is 426. The minimum Gasteiger partial charge on any atom is -0.481 e. The van der Waals surface area contributed by atoms with Crippen LogP contribution in [0.1, 0.15) is 12.2 Å². The molecule has 0 atom stereocenters. The molecule has 0 aromatic carbocycles. The smallest absolute Gasteiger partial charge is 0.341 e. The van der Waals surface area contributed by atoms with E-state index in [1.165, 1.54) is 0 Å². The lowest BCUT2D eigenvalue weighted by molar-refractivity contribution is -0.389. The number of carboxylic acids is 1. The Morgan fingerprint density at radius 1 is 1.79 bits per heavy atom. The number of aromatic amines is 1. The molecule has 1 rings (SSSR count). The van der Waals surface area contributed by atoms with E-state index in [9.17, 15) is 14.9 Å². The number of nitrogens with zero attached hydrogens (tertiary/aromatic N) is 2. The van der Waals surface area contributed by atoms with Crippen molar-refractivity contribution < 1.29 is 14.8 Å². The van der Waals surface area contributed by atoms with Gasteiger partial charge in [-0.3, -0.25) is 4.79 Å². The van der Waals surface area contributed by atoms with E-state index in [2.05, 4.69) is 21.8 Å². The van der Waals surface area contributed by atoms with E-state index in [0.717, 1.165) is 6.20 Å². The van der Waals surface area contributed by atoms with Crippen LogP contribution in [0.4, 0.5) is 5.82 Å². The minimum atomic E-state index is -1.06. The fourth-order valence-electron chi connectivity index (χ4n) is 0.671. The molecular weight excluding hydrogens is 190 g/mol. The van der Waals surface area contributed by atoms with Gasteiger partial charge in [-0.05, 0) is 10.8 Å². The van der Waals surface area contributed by atoms with Crippen LogP contribution in [-0.2, 0) is 4.79 Å². The summed E-state index contributed by atoms with van der Waals surface area (Å²) in [5, 5.41) is 18.4. The first kappa shape index (κ1) is 9.73. The van der Waals surface area contributed by atoms with Crippen molar-refractivity contribution in [2.24, 2.45) is 0 Å². The Labute approximate surface area is 77.9 Å². The highest BCUT2D eigenvalue weighted by Crippen LogP contribution is 2.04. The van der Waals surface area contributed by atoms with E-state index in [1.807, 2.05) is 0 Å². The molecule has 7 heteroatoms. The number of rotatable bonds is 2. The maximum absolute atomic E-state index is 10.2. The normalized spacial score (nSPS) is 8.86. The van der Waals surface area contributed by atoms with Gasteiger partial charge in [0.05, 0.1) is 0 Å². The predicted molar refractivity (Wildman–Crippen MR) is 44.4 cm³/mol. The molecule has 0 aliphatic heterocycles. The number of carbonyl (C=O) groups is 1. The largest absolute Gasteiger partial charge is 0.481 e. The monoisotopic (exact) mass is 195 g/mol. The van der Waals surface area contributed by atoms with Crippen molar-refractivity contribution in [1.82, 2.24) is 9.97 Å². The third-order valence-electron chi connectivity index (χ3n) is 1.21. The average Bonchev–Trinajstić information content (AvgIpc) is 2.52.